The molecule has 1 aliphatic heterocycles. The van der Waals surface area contributed by atoms with E-state index in [1.165, 1.54) is 77.4 Å². The molecule has 0 radical (unpaired) electrons. The zero-order valence-corrected chi connectivity index (χ0v) is 12.7. The molecule has 2 aliphatic carbocycles. The molecule has 0 aromatic heterocycles. The lowest BCUT2D eigenvalue weighted by Crippen LogP contribution is -2.43. The summed E-state index contributed by atoms with van der Waals surface area (Å²) >= 11 is 0. The zero-order valence-electron chi connectivity index (χ0n) is 12.7. The third-order valence-corrected chi connectivity index (χ3v) is 5.46. The Bertz CT molecular complexity index is 260. The summed E-state index contributed by atoms with van der Waals surface area (Å²) in [5.74, 6) is 2.00. The van der Waals surface area contributed by atoms with Crippen LogP contribution in [0.25, 0.3) is 0 Å². The summed E-state index contributed by atoms with van der Waals surface area (Å²) in [5.41, 5.74) is 0. The van der Waals surface area contributed by atoms with Gasteiger partial charge in [0.15, 0.2) is 0 Å². The van der Waals surface area contributed by atoms with Gasteiger partial charge in [-0.3, -0.25) is 0 Å². The van der Waals surface area contributed by atoms with E-state index in [2.05, 4.69) is 11.8 Å². The lowest BCUT2D eigenvalue weighted by molar-refractivity contribution is -0.0586. The number of nitrogens with zero attached hydrogens (tertiary/aromatic N) is 1. The molecule has 2 nitrogen and oxygen atoms in total. The average molecular weight is 265 g/mol. The fourth-order valence-corrected chi connectivity index (χ4v) is 4.28. The minimum absolute atomic E-state index is 0.569. The van der Waals surface area contributed by atoms with E-state index in [9.17, 15) is 0 Å². The summed E-state index contributed by atoms with van der Waals surface area (Å²) in [7, 11) is 0. The van der Waals surface area contributed by atoms with Gasteiger partial charge in [0.05, 0.1) is 12.2 Å². The van der Waals surface area contributed by atoms with E-state index in [-0.39, 0.29) is 0 Å². The predicted octanol–water partition coefficient (Wildman–Crippen LogP) is 3.85. The van der Waals surface area contributed by atoms with Gasteiger partial charge in [-0.05, 0) is 50.4 Å². The number of hydrogen-bond acceptors (Lipinski definition) is 2. The van der Waals surface area contributed by atoms with E-state index >= 15 is 0 Å². The molecular weight excluding hydrogens is 234 g/mol. The first-order chi connectivity index (χ1) is 9.29. The molecule has 0 amide bonds. The maximum absolute atomic E-state index is 6.32. The van der Waals surface area contributed by atoms with Crippen LogP contribution in [-0.2, 0) is 4.74 Å². The van der Waals surface area contributed by atoms with Crippen molar-refractivity contribution in [3.05, 3.63) is 0 Å². The van der Waals surface area contributed by atoms with Crippen molar-refractivity contribution in [2.75, 3.05) is 19.6 Å². The second kappa shape index (κ2) is 6.58. The van der Waals surface area contributed by atoms with Crippen LogP contribution in [0.15, 0.2) is 0 Å². The highest BCUT2D eigenvalue weighted by Gasteiger charge is 2.29. The Morgan fingerprint density at radius 3 is 2.16 bits per heavy atom. The van der Waals surface area contributed by atoms with Gasteiger partial charge in [0.2, 0.25) is 0 Å². The number of ether oxygens (including phenoxy) is 1. The van der Waals surface area contributed by atoms with E-state index in [0.29, 0.717) is 12.2 Å². The van der Waals surface area contributed by atoms with Crippen LogP contribution in [0, 0.1) is 11.8 Å². The minimum Gasteiger partial charge on any atom is -0.375 e. The van der Waals surface area contributed by atoms with Crippen molar-refractivity contribution in [2.24, 2.45) is 11.8 Å². The largest absolute Gasteiger partial charge is 0.375 e. The monoisotopic (exact) mass is 265 g/mol. The third kappa shape index (κ3) is 3.95. The van der Waals surface area contributed by atoms with Crippen LogP contribution >= 0.6 is 0 Å². The Balaban J connectivity index is 1.32. The molecule has 1 heterocycles. The molecule has 1 saturated heterocycles. The standard InChI is InChI=1S/C17H31NO/c1-14-11-15(12-14)13-18-9-7-17(8-10-18)19-16-5-3-2-4-6-16/h14-17H,2-13H2,1H3/t14-,15-. The van der Waals surface area contributed by atoms with Gasteiger partial charge < -0.3 is 9.64 Å². The number of likely N-dealkylation sites (tertiary alicyclic amines) is 1. The van der Waals surface area contributed by atoms with Crippen LogP contribution in [0.3, 0.4) is 0 Å². The highest BCUT2D eigenvalue weighted by Crippen LogP contribution is 2.34. The van der Waals surface area contributed by atoms with Crippen molar-refractivity contribution in [1.29, 1.82) is 0 Å². The maximum atomic E-state index is 6.32. The second-order valence-electron chi connectivity index (χ2n) is 7.34. The molecule has 0 atom stereocenters. The van der Waals surface area contributed by atoms with Crippen LogP contribution in [0.4, 0.5) is 0 Å². The second-order valence-corrected chi connectivity index (χ2v) is 7.34. The molecule has 0 unspecified atom stereocenters. The number of piperidine rings is 1. The first-order valence-electron chi connectivity index (χ1n) is 8.67. The van der Waals surface area contributed by atoms with Crippen molar-refractivity contribution in [1.82, 2.24) is 4.90 Å². The summed E-state index contributed by atoms with van der Waals surface area (Å²) < 4.78 is 6.32. The first-order valence-corrected chi connectivity index (χ1v) is 8.67. The van der Waals surface area contributed by atoms with Gasteiger partial charge in [0.1, 0.15) is 0 Å². The van der Waals surface area contributed by atoms with E-state index in [1.54, 1.807) is 0 Å². The minimum atomic E-state index is 0.569. The smallest absolute Gasteiger partial charge is 0.0603 e. The molecule has 3 aliphatic rings. The lowest BCUT2D eigenvalue weighted by Gasteiger charge is -2.40. The van der Waals surface area contributed by atoms with E-state index in [4.69, 9.17) is 4.74 Å². The highest BCUT2D eigenvalue weighted by molar-refractivity contribution is 4.82. The van der Waals surface area contributed by atoms with Crippen LogP contribution in [0.2, 0.25) is 0 Å². The first kappa shape index (κ1) is 13.9. The zero-order chi connectivity index (χ0) is 13.1. The fourth-order valence-electron chi connectivity index (χ4n) is 4.28. The summed E-state index contributed by atoms with van der Waals surface area (Å²) in [5, 5.41) is 0. The molecule has 0 spiro atoms. The van der Waals surface area contributed by atoms with Gasteiger partial charge in [0, 0.05) is 19.6 Å². The third-order valence-electron chi connectivity index (χ3n) is 5.46. The van der Waals surface area contributed by atoms with Gasteiger partial charge in [0.25, 0.3) is 0 Å². The Morgan fingerprint density at radius 2 is 1.53 bits per heavy atom. The van der Waals surface area contributed by atoms with Gasteiger partial charge in [-0.1, -0.05) is 26.2 Å². The maximum Gasteiger partial charge on any atom is 0.0603 e. The Morgan fingerprint density at radius 1 is 0.895 bits per heavy atom. The summed E-state index contributed by atoms with van der Waals surface area (Å²) in [6.07, 6.45) is 13.5. The van der Waals surface area contributed by atoms with Gasteiger partial charge in [-0.15, -0.1) is 0 Å². The Hall–Kier alpha value is -0.0800. The molecule has 0 N–H and O–H groups in total. The fraction of sp³-hybridized carbons (Fsp3) is 1.00. The highest BCUT2D eigenvalue weighted by atomic mass is 16.5. The van der Waals surface area contributed by atoms with Gasteiger partial charge >= 0.3 is 0 Å². The van der Waals surface area contributed by atoms with Crippen LogP contribution < -0.4 is 0 Å². The Kier molecular flexibility index (Phi) is 4.81. The molecular formula is C17H31NO. The summed E-state index contributed by atoms with van der Waals surface area (Å²) in [6, 6.07) is 0. The molecule has 3 fully saturated rings. The predicted molar refractivity (Wildman–Crippen MR) is 79.3 cm³/mol. The molecule has 2 heteroatoms. The van der Waals surface area contributed by atoms with Crippen molar-refractivity contribution < 1.29 is 4.74 Å². The average Bonchev–Trinajstić information content (AvgIpc) is 2.40. The Labute approximate surface area is 118 Å². The van der Waals surface area contributed by atoms with Crippen LogP contribution in [0.1, 0.15) is 64.7 Å². The van der Waals surface area contributed by atoms with E-state index < -0.39 is 0 Å². The molecule has 110 valence electrons. The van der Waals surface area contributed by atoms with Crippen molar-refractivity contribution in [2.45, 2.75) is 76.9 Å². The number of hydrogen-bond donors (Lipinski definition) is 0. The quantitative estimate of drug-likeness (QED) is 0.765. The van der Waals surface area contributed by atoms with Crippen molar-refractivity contribution in [3.8, 4) is 0 Å². The van der Waals surface area contributed by atoms with Gasteiger partial charge in [-0.2, -0.15) is 0 Å². The van der Waals surface area contributed by atoms with Gasteiger partial charge in [-0.25, -0.2) is 0 Å². The SMILES string of the molecule is C[C@H]1C[C@H](CN2CCC(OC3CCCCC3)CC2)C1. The molecule has 2 saturated carbocycles. The van der Waals surface area contributed by atoms with Crippen molar-refractivity contribution >= 4 is 0 Å². The van der Waals surface area contributed by atoms with Crippen LogP contribution in [0.5, 0.6) is 0 Å². The van der Waals surface area contributed by atoms with E-state index in [1.807, 2.05) is 0 Å². The van der Waals surface area contributed by atoms with Crippen molar-refractivity contribution in [3.63, 3.8) is 0 Å². The molecule has 19 heavy (non-hydrogen) atoms. The molecule has 3 rings (SSSR count). The summed E-state index contributed by atoms with van der Waals surface area (Å²) in [4.78, 5) is 2.69. The normalized spacial score (nSPS) is 35.2. The molecule has 0 bridgehead atoms. The van der Waals surface area contributed by atoms with Crippen LogP contribution in [-0.4, -0.2) is 36.7 Å². The van der Waals surface area contributed by atoms with E-state index in [0.717, 1.165) is 11.8 Å². The lowest BCUT2D eigenvalue weighted by atomic mass is 9.76. The molecule has 0 aromatic carbocycles. The molecule has 0 aromatic rings. The topological polar surface area (TPSA) is 12.5 Å². The summed E-state index contributed by atoms with van der Waals surface area (Å²) in [6.45, 7) is 6.31. The number of rotatable bonds is 4.